The molecule has 1 aromatic carbocycles. The largest absolute Gasteiger partial charge is 0.423 e. The van der Waals surface area contributed by atoms with E-state index in [0.29, 0.717) is 13.1 Å². The summed E-state index contributed by atoms with van der Waals surface area (Å²) in [6.07, 6.45) is 0. The van der Waals surface area contributed by atoms with E-state index in [1.807, 2.05) is 0 Å². The van der Waals surface area contributed by atoms with Crippen molar-refractivity contribution in [1.29, 1.82) is 0 Å². The van der Waals surface area contributed by atoms with Crippen LogP contribution in [0.1, 0.15) is 25.0 Å². The zero-order chi connectivity index (χ0) is 12.4. The first-order valence-electron chi connectivity index (χ1n) is 5.22. The molecule has 0 amide bonds. The van der Waals surface area contributed by atoms with Crippen molar-refractivity contribution in [2.75, 3.05) is 0 Å². The highest BCUT2D eigenvalue weighted by molar-refractivity contribution is 5.74. The van der Waals surface area contributed by atoms with Crippen LogP contribution in [0.4, 0.5) is 0 Å². The van der Waals surface area contributed by atoms with Crippen LogP contribution >= 0.6 is 0 Å². The second kappa shape index (κ2) is 4.55. The maximum Gasteiger partial charge on any atom is 0.308 e. The Kier molecular flexibility index (Phi) is 3.10. The van der Waals surface area contributed by atoms with E-state index >= 15 is 0 Å². The maximum absolute atomic E-state index is 11.0. The van der Waals surface area contributed by atoms with Crippen LogP contribution < -0.4 is 14.8 Å². The third kappa shape index (κ3) is 2.62. The molecule has 0 spiro atoms. The first-order valence-corrected chi connectivity index (χ1v) is 5.22. The van der Waals surface area contributed by atoms with Crippen molar-refractivity contribution >= 4 is 11.9 Å². The summed E-state index contributed by atoms with van der Waals surface area (Å²) in [5.41, 5.74) is 1.99. The molecule has 0 saturated heterocycles. The molecule has 5 nitrogen and oxygen atoms in total. The SMILES string of the molecule is CC(=O)Oc1cc2c(cc1OC(C)=O)C[N]C2. The average Bonchev–Trinajstić information content (AvgIpc) is 2.63. The van der Waals surface area contributed by atoms with Crippen molar-refractivity contribution in [3.05, 3.63) is 23.3 Å². The van der Waals surface area contributed by atoms with Gasteiger partial charge in [-0.15, -0.1) is 0 Å². The van der Waals surface area contributed by atoms with E-state index in [9.17, 15) is 9.59 Å². The van der Waals surface area contributed by atoms with Gasteiger partial charge in [-0.1, -0.05) is 0 Å². The van der Waals surface area contributed by atoms with Gasteiger partial charge in [-0.3, -0.25) is 9.59 Å². The zero-order valence-electron chi connectivity index (χ0n) is 9.65. The Hall–Kier alpha value is -1.88. The standard InChI is InChI=1S/C12H12NO4/c1-7(14)16-11-3-9-5-13-6-10(9)4-12(11)17-8(2)15/h3-4H,5-6H2,1-2H3. The van der Waals surface area contributed by atoms with E-state index in [1.165, 1.54) is 13.8 Å². The number of nitrogens with zero attached hydrogens (tertiary/aromatic N) is 1. The number of fused-ring (bicyclic) bond motifs is 1. The van der Waals surface area contributed by atoms with Gasteiger partial charge >= 0.3 is 11.9 Å². The summed E-state index contributed by atoms with van der Waals surface area (Å²) in [7, 11) is 0. The van der Waals surface area contributed by atoms with E-state index in [0.717, 1.165) is 11.1 Å². The lowest BCUT2D eigenvalue weighted by molar-refractivity contribution is -0.134. The number of carbonyl (C=O) groups is 2. The summed E-state index contributed by atoms with van der Waals surface area (Å²) >= 11 is 0. The van der Waals surface area contributed by atoms with Gasteiger partial charge in [-0.05, 0) is 23.3 Å². The molecule has 0 aromatic heterocycles. The highest BCUT2D eigenvalue weighted by Gasteiger charge is 2.18. The van der Waals surface area contributed by atoms with E-state index in [2.05, 4.69) is 5.32 Å². The summed E-state index contributed by atoms with van der Waals surface area (Å²) in [6.45, 7) is 3.80. The highest BCUT2D eigenvalue weighted by Crippen LogP contribution is 2.33. The molecule has 2 rings (SSSR count). The van der Waals surface area contributed by atoms with Gasteiger partial charge in [-0.2, -0.15) is 0 Å². The van der Waals surface area contributed by atoms with Crippen LogP contribution in [0, 0.1) is 0 Å². The fraction of sp³-hybridized carbons (Fsp3) is 0.333. The van der Waals surface area contributed by atoms with Crippen molar-refractivity contribution < 1.29 is 19.1 Å². The van der Waals surface area contributed by atoms with Crippen molar-refractivity contribution in [1.82, 2.24) is 5.32 Å². The number of rotatable bonds is 2. The fourth-order valence-electron chi connectivity index (χ4n) is 1.70. The van der Waals surface area contributed by atoms with Crippen LogP contribution in [-0.4, -0.2) is 11.9 Å². The third-order valence-corrected chi connectivity index (χ3v) is 2.34. The van der Waals surface area contributed by atoms with E-state index in [1.54, 1.807) is 12.1 Å². The summed E-state index contributed by atoms with van der Waals surface area (Å²) in [5.74, 6) is -0.367. The average molecular weight is 234 g/mol. The minimum atomic E-state index is -0.451. The monoisotopic (exact) mass is 234 g/mol. The van der Waals surface area contributed by atoms with E-state index in [-0.39, 0.29) is 11.5 Å². The van der Waals surface area contributed by atoms with Gasteiger partial charge < -0.3 is 9.47 Å². The number of esters is 2. The zero-order valence-corrected chi connectivity index (χ0v) is 9.65. The lowest BCUT2D eigenvalue weighted by atomic mass is 10.1. The molecule has 0 bridgehead atoms. The fourth-order valence-corrected chi connectivity index (χ4v) is 1.70. The molecule has 17 heavy (non-hydrogen) atoms. The first kappa shape index (κ1) is 11.6. The number of benzene rings is 1. The predicted molar refractivity (Wildman–Crippen MR) is 58.6 cm³/mol. The summed E-state index contributed by atoms with van der Waals surface area (Å²) in [6, 6.07) is 3.40. The molecular formula is C12H12NO4. The summed E-state index contributed by atoms with van der Waals surface area (Å²) in [5, 5.41) is 4.21. The molecule has 5 heteroatoms. The molecule has 0 N–H and O–H groups in total. The Morgan fingerprint density at radius 2 is 1.41 bits per heavy atom. The number of carbonyl (C=O) groups excluding carboxylic acids is 2. The van der Waals surface area contributed by atoms with Gasteiger partial charge in [0, 0.05) is 26.9 Å². The van der Waals surface area contributed by atoms with Crippen LogP contribution in [0.25, 0.3) is 0 Å². The van der Waals surface area contributed by atoms with E-state index < -0.39 is 11.9 Å². The van der Waals surface area contributed by atoms with Gasteiger partial charge in [0.1, 0.15) is 0 Å². The first-order chi connectivity index (χ1) is 8.06. The minimum absolute atomic E-state index is 0.267. The molecule has 0 atom stereocenters. The Morgan fingerprint density at radius 3 is 1.76 bits per heavy atom. The second-order valence-corrected chi connectivity index (χ2v) is 3.79. The smallest absolute Gasteiger partial charge is 0.308 e. The van der Waals surface area contributed by atoms with Crippen LogP contribution in [-0.2, 0) is 22.7 Å². The van der Waals surface area contributed by atoms with Crippen LogP contribution in [0.2, 0.25) is 0 Å². The Morgan fingerprint density at radius 1 is 1.00 bits per heavy atom. The van der Waals surface area contributed by atoms with Gasteiger partial charge in [0.2, 0.25) is 0 Å². The van der Waals surface area contributed by atoms with Gasteiger partial charge in [-0.25, -0.2) is 5.32 Å². The topological polar surface area (TPSA) is 66.7 Å². The molecule has 0 aliphatic carbocycles. The quantitative estimate of drug-likeness (QED) is 0.568. The molecular weight excluding hydrogens is 222 g/mol. The molecule has 0 fully saturated rings. The molecule has 1 radical (unpaired) electrons. The number of ether oxygens (including phenoxy) is 2. The summed E-state index contributed by atoms with van der Waals surface area (Å²) < 4.78 is 10.0. The molecule has 1 heterocycles. The second-order valence-electron chi connectivity index (χ2n) is 3.79. The third-order valence-electron chi connectivity index (χ3n) is 2.34. The molecule has 1 aromatic rings. The Balaban J connectivity index is 2.39. The van der Waals surface area contributed by atoms with Crippen molar-refractivity contribution in [3.63, 3.8) is 0 Å². The van der Waals surface area contributed by atoms with Crippen molar-refractivity contribution in [2.24, 2.45) is 0 Å². The molecule has 1 aliphatic rings. The van der Waals surface area contributed by atoms with Crippen molar-refractivity contribution in [2.45, 2.75) is 26.9 Å². The van der Waals surface area contributed by atoms with Gasteiger partial charge in [0.15, 0.2) is 11.5 Å². The molecule has 0 saturated carbocycles. The minimum Gasteiger partial charge on any atom is -0.423 e. The normalized spacial score (nSPS) is 13.1. The van der Waals surface area contributed by atoms with Gasteiger partial charge in [0.25, 0.3) is 0 Å². The predicted octanol–water partition coefficient (Wildman–Crippen LogP) is 1.16. The molecule has 0 unspecified atom stereocenters. The lowest BCUT2D eigenvalue weighted by Crippen LogP contribution is -2.07. The highest BCUT2D eigenvalue weighted by atomic mass is 16.6. The number of hydrogen-bond donors (Lipinski definition) is 0. The summed E-state index contributed by atoms with van der Waals surface area (Å²) in [4.78, 5) is 21.9. The molecule has 89 valence electrons. The Bertz CT molecular complexity index is 439. The van der Waals surface area contributed by atoms with Crippen LogP contribution in [0.3, 0.4) is 0 Å². The van der Waals surface area contributed by atoms with Crippen LogP contribution in [0.15, 0.2) is 12.1 Å². The van der Waals surface area contributed by atoms with E-state index in [4.69, 9.17) is 9.47 Å². The lowest BCUT2D eigenvalue weighted by Gasteiger charge is -2.10. The Labute approximate surface area is 98.7 Å². The molecule has 1 aliphatic heterocycles. The van der Waals surface area contributed by atoms with Gasteiger partial charge in [0.05, 0.1) is 0 Å². The van der Waals surface area contributed by atoms with Crippen molar-refractivity contribution in [3.8, 4) is 11.5 Å². The van der Waals surface area contributed by atoms with Crippen LogP contribution in [0.5, 0.6) is 11.5 Å². The maximum atomic E-state index is 11.0. The number of hydrogen-bond acceptors (Lipinski definition) is 4.